The molecule has 1 unspecified atom stereocenters. The SMILES string of the molecule is Cc1c(C(=O)N2CCOC(c3cc(CCOc4cccc(Cl)c4)n(C)n3)C2)cnn1C. The van der Waals surface area contributed by atoms with Gasteiger partial charge in [0.2, 0.25) is 0 Å². The minimum Gasteiger partial charge on any atom is -0.493 e. The van der Waals surface area contributed by atoms with E-state index >= 15 is 0 Å². The van der Waals surface area contributed by atoms with Gasteiger partial charge in [-0.25, -0.2) is 0 Å². The molecule has 2 aromatic heterocycles. The minimum atomic E-state index is -0.261. The first-order chi connectivity index (χ1) is 14.9. The zero-order valence-corrected chi connectivity index (χ0v) is 18.7. The number of benzene rings is 1. The molecule has 0 radical (unpaired) electrons. The van der Waals surface area contributed by atoms with E-state index in [4.69, 9.17) is 21.1 Å². The highest BCUT2D eigenvalue weighted by Crippen LogP contribution is 2.24. The lowest BCUT2D eigenvalue weighted by Crippen LogP contribution is -2.42. The summed E-state index contributed by atoms with van der Waals surface area (Å²) in [5.41, 5.74) is 3.34. The monoisotopic (exact) mass is 443 g/mol. The van der Waals surface area contributed by atoms with Gasteiger partial charge in [-0.15, -0.1) is 0 Å². The molecule has 1 aromatic carbocycles. The summed E-state index contributed by atoms with van der Waals surface area (Å²) < 4.78 is 15.3. The van der Waals surface area contributed by atoms with Crippen molar-refractivity contribution in [1.82, 2.24) is 24.5 Å². The van der Waals surface area contributed by atoms with Gasteiger partial charge in [0.1, 0.15) is 11.9 Å². The fraction of sp³-hybridized carbons (Fsp3) is 0.409. The van der Waals surface area contributed by atoms with Crippen molar-refractivity contribution in [2.75, 3.05) is 26.3 Å². The van der Waals surface area contributed by atoms with Gasteiger partial charge in [0.25, 0.3) is 5.91 Å². The highest BCUT2D eigenvalue weighted by Gasteiger charge is 2.29. The highest BCUT2D eigenvalue weighted by atomic mass is 35.5. The molecule has 9 heteroatoms. The fourth-order valence-electron chi connectivity index (χ4n) is 3.64. The van der Waals surface area contributed by atoms with Crippen LogP contribution in [0.1, 0.15) is 33.5 Å². The number of hydrogen-bond donors (Lipinski definition) is 0. The molecule has 31 heavy (non-hydrogen) atoms. The Kier molecular flexibility index (Phi) is 6.29. The Bertz CT molecular complexity index is 1080. The molecule has 0 saturated carbocycles. The number of nitrogens with zero attached hydrogens (tertiary/aromatic N) is 5. The number of aromatic nitrogens is 4. The second-order valence-corrected chi connectivity index (χ2v) is 8.05. The first-order valence-corrected chi connectivity index (χ1v) is 10.6. The molecule has 164 valence electrons. The van der Waals surface area contributed by atoms with Crippen LogP contribution in [-0.4, -0.2) is 56.7 Å². The summed E-state index contributed by atoms with van der Waals surface area (Å²) in [6.07, 6.45) is 2.06. The Morgan fingerprint density at radius 1 is 1.29 bits per heavy atom. The zero-order valence-electron chi connectivity index (χ0n) is 17.9. The van der Waals surface area contributed by atoms with Gasteiger partial charge in [0, 0.05) is 43.5 Å². The van der Waals surface area contributed by atoms with Crippen LogP contribution >= 0.6 is 11.6 Å². The number of carbonyl (C=O) groups is 1. The molecule has 1 saturated heterocycles. The zero-order chi connectivity index (χ0) is 22.0. The molecule has 8 nitrogen and oxygen atoms in total. The van der Waals surface area contributed by atoms with E-state index in [1.165, 1.54) is 0 Å². The second-order valence-electron chi connectivity index (χ2n) is 7.62. The van der Waals surface area contributed by atoms with Gasteiger partial charge < -0.3 is 14.4 Å². The average Bonchev–Trinajstić information content (AvgIpc) is 3.30. The first kappa shape index (κ1) is 21.4. The highest BCUT2D eigenvalue weighted by molar-refractivity contribution is 6.30. The average molecular weight is 444 g/mol. The third-order valence-electron chi connectivity index (χ3n) is 5.57. The van der Waals surface area contributed by atoms with Crippen LogP contribution in [-0.2, 0) is 25.3 Å². The summed E-state index contributed by atoms with van der Waals surface area (Å²) >= 11 is 6.00. The molecule has 1 fully saturated rings. The van der Waals surface area contributed by atoms with Gasteiger partial charge in [-0.1, -0.05) is 17.7 Å². The number of ether oxygens (including phenoxy) is 2. The molecule has 4 rings (SSSR count). The van der Waals surface area contributed by atoms with Gasteiger partial charge in [0.05, 0.1) is 37.2 Å². The fourth-order valence-corrected chi connectivity index (χ4v) is 3.82. The number of morpholine rings is 1. The smallest absolute Gasteiger partial charge is 0.257 e. The number of aryl methyl sites for hydroxylation is 2. The van der Waals surface area contributed by atoms with Crippen molar-refractivity contribution in [2.24, 2.45) is 14.1 Å². The summed E-state index contributed by atoms with van der Waals surface area (Å²) in [6, 6.07) is 9.37. The van der Waals surface area contributed by atoms with Crippen molar-refractivity contribution < 1.29 is 14.3 Å². The van der Waals surface area contributed by atoms with Crippen LogP contribution in [0.3, 0.4) is 0 Å². The lowest BCUT2D eigenvalue weighted by Gasteiger charge is -2.32. The van der Waals surface area contributed by atoms with E-state index in [0.29, 0.717) is 43.3 Å². The van der Waals surface area contributed by atoms with Crippen LogP contribution < -0.4 is 4.74 Å². The maximum Gasteiger partial charge on any atom is 0.257 e. The third kappa shape index (κ3) is 4.75. The Morgan fingerprint density at radius 2 is 2.13 bits per heavy atom. The van der Waals surface area contributed by atoms with Crippen molar-refractivity contribution >= 4 is 17.5 Å². The van der Waals surface area contributed by atoms with Gasteiger partial charge in [-0.05, 0) is 31.2 Å². The van der Waals surface area contributed by atoms with Gasteiger partial charge in [-0.3, -0.25) is 14.2 Å². The van der Waals surface area contributed by atoms with E-state index in [2.05, 4.69) is 10.2 Å². The van der Waals surface area contributed by atoms with Crippen molar-refractivity contribution in [1.29, 1.82) is 0 Å². The molecule has 0 aliphatic carbocycles. The van der Waals surface area contributed by atoms with Crippen LogP contribution in [0.4, 0.5) is 0 Å². The molecule has 3 heterocycles. The summed E-state index contributed by atoms with van der Waals surface area (Å²) in [6.45, 7) is 3.89. The number of hydrogen-bond acceptors (Lipinski definition) is 5. The molecule has 1 amide bonds. The topological polar surface area (TPSA) is 74.4 Å². The molecule has 1 atom stereocenters. The Labute approximate surface area is 186 Å². The maximum atomic E-state index is 12.9. The van der Waals surface area contributed by atoms with E-state index in [1.54, 1.807) is 16.9 Å². The first-order valence-electron chi connectivity index (χ1n) is 10.2. The predicted octanol–water partition coefficient (Wildman–Crippen LogP) is 2.95. The predicted molar refractivity (Wildman–Crippen MR) is 116 cm³/mol. The largest absolute Gasteiger partial charge is 0.493 e. The molecule has 1 aliphatic rings. The van der Waals surface area contributed by atoms with E-state index < -0.39 is 0 Å². The molecule has 0 N–H and O–H groups in total. The Balaban J connectivity index is 1.39. The lowest BCUT2D eigenvalue weighted by atomic mass is 10.1. The van der Waals surface area contributed by atoms with Crippen LogP contribution in [0.25, 0.3) is 0 Å². The third-order valence-corrected chi connectivity index (χ3v) is 5.80. The summed E-state index contributed by atoms with van der Waals surface area (Å²) in [7, 11) is 3.74. The van der Waals surface area contributed by atoms with Crippen molar-refractivity contribution in [3.8, 4) is 5.75 Å². The molecular weight excluding hydrogens is 418 g/mol. The summed E-state index contributed by atoms with van der Waals surface area (Å²) in [5, 5.41) is 9.45. The van der Waals surface area contributed by atoms with Crippen LogP contribution in [0.15, 0.2) is 36.5 Å². The Hall–Kier alpha value is -2.84. The molecule has 3 aromatic rings. The molecule has 0 bridgehead atoms. The van der Waals surface area contributed by atoms with E-state index in [1.807, 2.05) is 54.9 Å². The lowest BCUT2D eigenvalue weighted by molar-refractivity contribution is -0.0249. The van der Waals surface area contributed by atoms with Crippen molar-refractivity contribution in [3.05, 3.63) is 64.2 Å². The quantitative estimate of drug-likeness (QED) is 0.585. The maximum absolute atomic E-state index is 12.9. The summed E-state index contributed by atoms with van der Waals surface area (Å²) in [4.78, 5) is 14.8. The number of rotatable bonds is 6. The van der Waals surface area contributed by atoms with Crippen molar-refractivity contribution in [3.63, 3.8) is 0 Å². The normalized spacial score (nSPS) is 16.5. The molecule has 1 aliphatic heterocycles. The number of halogens is 1. The van der Waals surface area contributed by atoms with Gasteiger partial charge in [0.15, 0.2) is 0 Å². The summed E-state index contributed by atoms with van der Waals surface area (Å²) in [5.74, 6) is 0.718. The molecule has 0 spiro atoms. The van der Waals surface area contributed by atoms with Crippen molar-refractivity contribution in [2.45, 2.75) is 19.4 Å². The standard InChI is InChI=1S/C22H26ClN5O3/c1-15-19(13-24-26(15)2)22(29)28-8-10-31-21(14-28)20-12-17(27(3)25-20)7-9-30-18-6-4-5-16(23)11-18/h4-6,11-13,21H,7-10,14H2,1-3H3. The number of carbonyl (C=O) groups excluding carboxylic acids is 1. The minimum absolute atomic E-state index is 0.0232. The second kappa shape index (κ2) is 9.11. The van der Waals surface area contributed by atoms with Gasteiger partial charge in [-0.2, -0.15) is 10.2 Å². The van der Waals surface area contributed by atoms with E-state index in [0.717, 1.165) is 22.8 Å². The van der Waals surface area contributed by atoms with Gasteiger partial charge >= 0.3 is 0 Å². The van der Waals surface area contributed by atoms with E-state index in [9.17, 15) is 4.79 Å². The Morgan fingerprint density at radius 3 is 2.87 bits per heavy atom. The number of amides is 1. The van der Waals surface area contributed by atoms with Crippen LogP contribution in [0, 0.1) is 6.92 Å². The molecular formula is C22H26ClN5O3. The van der Waals surface area contributed by atoms with E-state index in [-0.39, 0.29) is 12.0 Å². The van der Waals surface area contributed by atoms with Crippen LogP contribution in [0.5, 0.6) is 5.75 Å². The van der Waals surface area contributed by atoms with Crippen LogP contribution in [0.2, 0.25) is 5.02 Å².